The highest BCUT2D eigenvalue weighted by Gasteiger charge is 2.42. The lowest BCUT2D eigenvalue weighted by molar-refractivity contribution is -0.288. The van der Waals surface area contributed by atoms with Crippen molar-refractivity contribution in [1.29, 1.82) is 0 Å². The number of benzene rings is 1. The van der Waals surface area contributed by atoms with Gasteiger partial charge in [-0.3, -0.25) is 9.78 Å². The molecule has 0 aliphatic carbocycles. The molecule has 0 spiro atoms. The highest BCUT2D eigenvalue weighted by molar-refractivity contribution is 9.10. The number of hydrogen-bond acceptors (Lipinski definition) is 5. The summed E-state index contributed by atoms with van der Waals surface area (Å²) in [7, 11) is 0. The molecule has 0 amide bonds. The minimum atomic E-state index is -0.793. The maximum Gasteiger partial charge on any atom is 0.303 e. The van der Waals surface area contributed by atoms with Crippen molar-refractivity contribution in [3.05, 3.63) is 71.0 Å². The number of hydrogen-bond donors (Lipinski definition) is 1. The van der Waals surface area contributed by atoms with Crippen molar-refractivity contribution in [2.75, 3.05) is 6.61 Å². The molecule has 7 heteroatoms. The van der Waals surface area contributed by atoms with E-state index in [1.807, 2.05) is 68.6 Å². The molecular formula is C24H28BrNO5. The number of aliphatic carboxylic acids is 1. The molecule has 31 heavy (non-hydrogen) atoms. The average Bonchev–Trinajstić information content (AvgIpc) is 2.75. The van der Waals surface area contributed by atoms with Crippen molar-refractivity contribution in [2.24, 2.45) is 5.92 Å². The Morgan fingerprint density at radius 2 is 2.06 bits per heavy atom. The van der Waals surface area contributed by atoms with E-state index in [9.17, 15) is 4.79 Å². The summed E-state index contributed by atoms with van der Waals surface area (Å²) in [6.45, 7) is 4.40. The monoisotopic (exact) mass is 489 g/mol. The van der Waals surface area contributed by atoms with Crippen LogP contribution in [0.1, 0.15) is 44.8 Å². The van der Waals surface area contributed by atoms with Gasteiger partial charge in [0.15, 0.2) is 11.9 Å². The van der Waals surface area contributed by atoms with Gasteiger partial charge in [0.2, 0.25) is 0 Å². The van der Waals surface area contributed by atoms with E-state index >= 15 is 0 Å². The predicted molar refractivity (Wildman–Crippen MR) is 121 cm³/mol. The molecule has 1 saturated heterocycles. The average molecular weight is 490 g/mol. The number of rotatable bonds is 9. The summed E-state index contributed by atoms with van der Waals surface area (Å²) in [5.41, 5.74) is 0.274. The van der Waals surface area contributed by atoms with Crippen molar-refractivity contribution < 1.29 is 24.1 Å². The Balaban J connectivity index is 1.70. The number of carboxylic acids is 1. The van der Waals surface area contributed by atoms with Crippen LogP contribution in [-0.2, 0) is 14.3 Å². The topological polar surface area (TPSA) is 77.9 Å². The first kappa shape index (κ1) is 23.4. The van der Waals surface area contributed by atoms with Gasteiger partial charge >= 0.3 is 5.97 Å². The number of pyridine rings is 1. The Morgan fingerprint density at radius 1 is 1.29 bits per heavy atom. The van der Waals surface area contributed by atoms with Gasteiger partial charge in [-0.15, -0.1) is 0 Å². The molecule has 1 aromatic heterocycles. The zero-order chi connectivity index (χ0) is 22.3. The smallest absolute Gasteiger partial charge is 0.303 e. The van der Waals surface area contributed by atoms with Gasteiger partial charge in [-0.1, -0.05) is 34.1 Å². The SMILES string of the molecule is CC(C)(Oc1ccc(Br)cc1)C1OCC(CC=CCCC(=O)O)C(c2cccnc2)O1. The number of ether oxygens (including phenoxy) is 3. The molecule has 1 N–H and O–H groups in total. The Kier molecular flexibility index (Phi) is 8.23. The van der Waals surface area contributed by atoms with E-state index in [1.54, 1.807) is 6.20 Å². The van der Waals surface area contributed by atoms with Gasteiger partial charge in [-0.25, -0.2) is 0 Å². The highest BCUT2D eigenvalue weighted by atomic mass is 79.9. The van der Waals surface area contributed by atoms with Crippen LogP contribution >= 0.6 is 15.9 Å². The quantitative estimate of drug-likeness (QED) is 0.465. The molecule has 3 unspecified atom stereocenters. The first-order chi connectivity index (χ1) is 14.8. The Morgan fingerprint density at radius 3 is 2.74 bits per heavy atom. The molecule has 1 aliphatic heterocycles. The number of carbonyl (C=O) groups is 1. The maximum atomic E-state index is 10.7. The molecule has 166 valence electrons. The standard InChI is InChI=1S/C24H28BrNO5/c1-24(2,31-20-12-10-19(25)11-13-20)23-29-16-18(7-4-3-5-9-21(27)28)22(30-23)17-8-6-14-26-15-17/h3-4,6,8,10-15,18,22-23H,5,7,9,16H2,1-2H3,(H,27,28). The fourth-order valence-corrected chi connectivity index (χ4v) is 3.75. The molecule has 3 rings (SSSR count). The largest absolute Gasteiger partial charge is 0.483 e. The van der Waals surface area contributed by atoms with E-state index < -0.39 is 17.9 Å². The summed E-state index contributed by atoms with van der Waals surface area (Å²) in [6, 6.07) is 11.6. The number of halogens is 1. The van der Waals surface area contributed by atoms with Crippen LogP contribution in [0.4, 0.5) is 0 Å². The summed E-state index contributed by atoms with van der Waals surface area (Å²) in [4.78, 5) is 14.9. The molecule has 1 aliphatic rings. The maximum absolute atomic E-state index is 10.7. The lowest BCUT2D eigenvalue weighted by Gasteiger charge is -2.42. The van der Waals surface area contributed by atoms with Crippen molar-refractivity contribution in [2.45, 2.75) is 51.1 Å². The Bertz CT molecular complexity index is 869. The lowest BCUT2D eigenvalue weighted by Crippen LogP contribution is -2.50. The third kappa shape index (κ3) is 6.89. The van der Waals surface area contributed by atoms with E-state index in [0.29, 0.717) is 13.0 Å². The molecule has 0 saturated carbocycles. The first-order valence-electron chi connectivity index (χ1n) is 10.3. The first-order valence-corrected chi connectivity index (χ1v) is 11.1. The van der Waals surface area contributed by atoms with Crippen LogP contribution in [0.2, 0.25) is 0 Å². The summed E-state index contributed by atoms with van der Waals surface area (Å²) < 4.78 is 19.7. The van der Waals surface area contributed by atoms with Gasteiger partial charge in [0.05, 0.1) is 12.7 Å². The van der Waals surface area contributed by atoms with Crippen LogP contribution in [0.5, 0.6) is 5.75 Å². The minimum absolute atomic E-state index is 0.0880. The van der Waals surface area contributed by atoms with Gasteiger partial charge in [0.25, 0.3) is 0 Å². The van der Waals surface area contributed by atoms with E-state index in [4.69, 9.17) is 19.3 Å². The summed E-state index contributed by atoms with van der Waals surface area (Å²) in [5.74, 6) is 0.0323. The number of aromatic nitrogens is 1. The lowest BCUT2D eigenvalue weighted by atomic mass is 9.92. The van der Waals surface area contributed by atoms with Gasteiger partial charge in [-0.05, 0) is 62.6 Å². The van der Waals surface area contributed by atoms with Gasteiger partial charge < -0.3 is 19.3 Å². The second kappa shape index (κ2) is 10.9. The van der Waals surface area contributed by atoms with Crippen LogP contribution in [0.25, 0.3) is 0 Å². The summed E-state index contributed by atoms with van der Waals surface area (Å²) >= 11 is 3.43. The van der Waals surface area contributed by atoms with Crippen molar-refractivity contribution in [3.8, 4) is 5.75 Å². The van der Waals surface area contributed by atoms with Gasteiger partial charge in [0.1, 0.15) is 5.75 Å². The zero-order valence-electron chi connectivity index (χ0n) is 17.7. The third-order valence-corrected chi connectivity index (χ3v) is 5.59. The van der Waals surface area contributed by atoms with E-state index in [0.717, 1.165) is 22.2 Å². The Labute approximate surface area is 191 Å². The number of nitrogens with zero attached hydrogens (tertiary/aromatic N) is 1. The normalized spacial score (nSPS) is 21.8. The molecule has 0 bridgehead atoms. The molecular weight excluding hydrogens is 462 g/mol. The van der Waals surface area contributed by atoms with Crippen LogP contribution in [0.3, 0.4) is 0 Å². The minimum Gasteiger partial charge on any atom is -0.483 e. The third-order valence-electron chi connectivity index (χ3n) is 5.07. The van der Waals surface area contributed by atoms with Crippen LogP contribution in [0, 0.1) is 5.92 Å². The Hall–Kier alpha value is -2.22. The summed E-state index contributed by atoms with van der Waals surface area (Å²) in [6.07, 6.45) is 8.06. The molecule has 6 nitrogen and oxygen atoms in total. The van der Waals surface area contributed by atoms with Crippen LogP contribution in [0.15, 0.2) is 65.4 Å². The van der Waals surface area contributed by atoms with Crippen molar-refractivity contribution >= 4 is 21.9 Å². The van der Waals surface area contributed by atoms with E-state index in [2.05, 4.69) is 20.9 Å². The predicted octanol–water partition coefficient (Wildman–Crippen LogP) is 5.54. The second-order valence-electron chi connectivity index (χ2n) is 8.07. The van der Waals surface area contributed by atoms with Gasteiger partial charge in [0, 0.05) is 29.2 Å². The molecule has 1 fully saturated rings. The molecule has 2 aromatic rings. The highest BCUT2D eigenvalue weighted by Crippen LogP contribution is 2.38. The zero-order valence-corrected chi connectivity index (χ0v) is 19.3. The van der Waals surface area contributed by atoms with Crippen molar-refractivity contribution in [1.82, 2.24) is 4.98 Å². The van der Waals surface area contributed by atoms with E-state index in [-0.39, 0.29) is 18.4 Å². The number of allylic oxidation sites excluding steroid dienone is 2. The van der Waals surface area contributed by atoms with Crippen LogP contribution < -0.4 is 4.74 Å². The summed E-state index contributed by atoms with van der Waals surface area (Å²) in [5, 5.41) is 8.78. The van der Waals surface area contributed by atoms with E-state index in [1.165, 1.54) is 0 Å². The fourth-order valence-electron chi connectivity index (χ4n) is 3.48. The van der Waals surface area contributed by atoms with Crippen molar-refractivity contribution in [3.63, 3.8) is 0 Å². The molecule has 2 heterocycles. The van der Waals surface area contributed by atoms with Crippen LogP contribution in [-0.4, -0.2) is 34.6 Å². The number of carboxylic acid groups (broad SMARTS) is 1. The van der Waals surface area contributed by atoms with Gasteiger partial charge in [-0.2, -0.15) is 0 Å². The molecule has 1 aromatic carbocycles. The second-order valence-corrected chi connectivity index (χ2v) is 8.98. The molecule has 0 radical (unpaired) electrons. The fraction of sp³-hybridized carbons (Fsp3) is 0.417. The molecule has 3 atom stereocenters.